The van der Waals surface area contributed by atoms with Crippen molar-refractivity contribution < 1.29 is 14.3 Å². The SMILES string of the molecule is CC(C)(C)OC(=O)N1CCOCC1CNC1CN2CCC1CC2. The van der Waals surface area contributed by atoms with Crippen molar-refractivity contribution >= 4 is 6.09 Å². The first-order valence-electron chi connectivity index (χ1n) is 8.95. The summed E-state index contributed by atoms with van der Waals surface area (Å²) in [6.45, 7) is 12.0. The lowest BCUT2D eigenvalue weighted by Gasteiger charge is -2.46. The summed E-state index contributed by atoms with van der Waals surface area (Å²) in [6.07, 6.45) is 2.38. The number of rotatable bonds is 3. The Balaban J connectivity index is 1.53. The molecule has 2 unspecified atom stereocenters. The average molecular weight is 325 g/mol. The van der Waals surface area contributed by atoms with E-state index in [-0.39, 0.29) is 12.1 Å². The zero-order valence-electron chi connectivity index (χ0n) is 14.7. The van der Waals surface area contributed by atoms with Gasteiger partial charge in [0.1, 0.15) is 5.60 Å². The second-order valence-corrected chi connectivity index (χ2v) is 8.06. The van der Waals surface area contributed by atoms with Gasteiger partial charge in [-0.3, -0.25) is 4.90 Å². The van der Waals surface area contributed by atoms with Crippen LogP contribution in [0, 0.1) is 5.92 Å². The second-order valence-electron chi connectivity index (χ2n) is 8.06. The smallest absolute Gasteiger partial charge is 0.410 e. The predicted octanol–water partition coefficient (Wildman–Crippen LogP) is 1.31. The van der Waals surface area contributed by atoms with Gasteiger partial charge in [-0.15, -0.1) is 0 Å². The largest absolute Gasteiger partial charge is 0.444 e. The monoisotopic (exact) mass is 325 g/mol. The van der Waals surface area contributed by atoms with Crippen molar-refractivity contribution in [2.24, 2.45) is 5.92 Å². The maximum Gasteiger partial charge on any atom is 0.410 e. The molecule has 4 heterocycles. The first-order chi connectivity index (χ1) is 10.9. The van der Waals surface area contributed by atoms with Crippen molar-refractivity contribution in [2.75, 3.05) is 45.9 Å². The minimum Gasteiger partial charge on any atom is -0.444 e. The maximum absolute atomic E-state index is 12.4. The topological polar surface area (TPSA) is 54.0 Å². The van der Waals surface area contributed by atoms with Crippen LogP contribution in [0.4, 0.5) is 4.79 Å². The molecule has 4 saturated heterocycles. The molecular weight excluding hydrogens is 294 g/mol. The molecule has 6 nitrogen and oxygen atoms in total. The normalized spacial score (nSPS) is 34.5. The minimum atomic E-state index is -0.455. The van der Waals surface area contributed by atoms with E-state index in [0.29, 0.717) is 25.8 Å². The van der Waals surface area contributed by atoms with Gasteiger partial charge in [-0.25, -0.2) is 4.79 Å². The van der Waals surface area contributed by atoms with Gasteiger partial charge < -0.3 is 19.7 Å². The average Bonchev–Trinajstić information content (AvgIpc) is 2.53. The van der Waals surface area contributed by atoms with E-state index < -0.39 is 5.60 Å². The Hall–Kier alpha value is -0.850. The Morgan fingerprint density at radius 2 is 2.00 bits per heavy atom. The number of nitrogens with zero attached hydrogens (tertiary/aromatic N) is 2. The number of ether oxygens (including phenoxy) is 2. The molecule has 0 aromatic heterocycles. The molecule has 0 saturated carbocycles. The number of carbonyl (C=O) groups is 1. The summed E-state index contributed by atoms with van der Waals surface area (Å²) >= 11 is 0. The van der Waals surface area contributed by atoms with Crippen LogP contribution in [0.3, 0.4) is 0 Å². The van der Waals surface area contributed by atoms with E-state index in [1.54, 1.807) is 0 Å². The summed E-state index contributed by atoms with van der Waals surface area (Å²) in [5.74, 6) is 0.791. The highest BCUT2D eigenvalue weighted by molar-refractivity contribution is 5.68. The molecule has 1 amide bonds. The van der Waals surface area contributed by atoms with Crippen LogP contribution in [0.25, 0.3) is 0 Å². The molecule has 4 fully saturated rings. The van der Waals surface area contributed by atoms with Gasteiger partial charge in [-0.05, 0) is 52.6 Å². The third-order valence-electron chi connectivity index (χ3n) is 5.13. The van der Waals surface area contributed by atoms with Crippen molar-refractivity contribution in [3.8, 4) is 0 Å². The van der Waals surface area contributed by atoms with Gasteiger partial charge >= 0.3 is 6.09 Å². The van der Waals surface area contributed by atoms with Crippen molar-refractivity contribution in [1.29, 1.82) is 0 Å². The molecule has 6 heteroatoms. The van der Waals surface area contributed by atoms with Gasteiger partial charge in [0, 0.05) is 25.7 Å². The molecule has 23 heavy (non-hydrogen) atoms. The number of piperidine rings is 3. The molecule has 0 radical (unpaired) electrons. The Labute approximate surface area is 139 Å². The number of carbonyl (C=O) groups excluding carboxylic acids is 1. The zero-order valence-corrected chi connectivity index (χ0v) is 14.7. The fourth-order valence-corrected chi connectivity index (χ4v) is 3.87. The fraction of sp³-hybridized carbons (Fsp3) is 0.941. The number of nitrogens with one attached hydrogen (secondary N) is 1. The van der Waals surface area contributed by atoms with E-state index >= 15 is 0 Å². The van der Waals surface area contributed by atoms with Crippen molar-refractivity contribution in [3.63, 3.8) is 0 Å². The highest BCUT2D eigenvalue weighted by Crippen LogP contribution is 2.27. The summed E-state index contributed by atoms with van der Waals surface area (Å²) in [5.41, 5.74) is -0.455. The fourth-order valence-electron chi connectivity index (χ4n) is 3.87. The molecule has 4 aliphatic rings. The number of morpholine rings is 1. The molecule has 1 N–H and O–H groups in total. The summed E-state index contributed by atoms with van der Waals surface area (Å²) < 4.78 is 11.1. The summed E-state index contributed by atoms with van der Waals surface area (Å²) in [4.78, 5) is 16.8. The van der Waals surface area contributed by atoms with Crippen LogP contribution < -0.4 is 5.32 Å². The van der Waals surface area contributed by atoms with Crippen LogP contribution in [-0.2, 0) is 9.47 Å². The third-order valence-corrected chi connectivity index (χ3v) is 5.13. The van der Waals surface area contributed by atoms with Crippen LogP contribution in [0.1, 0.15) is 33.6 Å². The van der Waals surface area contributed by atoms with Crippen LogP contribution in [-0.4, -0.2) is 79.5 Å². The molecule has 0 aliphatic carbocycles. The quantitative estimate of drug-likeness (QED) is 0.848. The highest BCUT2D eigenvalue weighted by Gasteiger charge is 2.36. The van der Waals surface area contributed by atoms with Crippen molar-refractivity contribution in [2.45, 2.75) is 51.3 Å². The Morgan fingerprint density at radius 3 is 2.61 bits per heavy atom. The van der Waals surface area contributed by atoms with E-state index in [1.165, 1.54) is 25.9 Å². The summed E-state index contributed by atoms with van der Waals surface area (Å²) in [7, 11) is 0. The van der Waals surface area contributed by atoms with E-state index in [0.717, 1.165) is 19.0 Å². The summed E-state index contributed by atoms with van der Waals surface area (Å²) in [6, 6.07) is 0.619. The molecule has 4 rings (SSSR count). The van der Waals surface area contributed by atoms with Gasteiger partial charge in [0.05, 0.1) is 19.3 Å². The third kappa shape index (κ3) is 4.37. The zero-order chi connectivity index (χ0) is 16.4. The molecule has 0 aromatic rings. The van der Waals surface area contributed by atoms with Gasteiger partial charge in [0.2, 0.25) is 0 Å². The van der Waals surface area contributed by atoms with Gasteiger partial charge in [0.25, 0.3) is 0 Å². The molecular formula is C17H31N3O3. The Kier molecular flexibility index (Phi) is 5.13. The van der Waals surface area contributed by atoms with Crippen molar-refractivity contribution in [3.05, 3.63) is 0 Å². The number of hydrogen-bond acceptors (Lipinski definition) is 5. The van der Waals surface area contributed by atoms with Gasteiger partial charge in [0.15, 0.2) is 0 Å². The first kappa shape index (κ1) is 17.0. The number of amides is 1. The number of hydrogen-bond donors (Lipinski definition) is 1. The van der Waals surface area contributed by atoms with Crippen LogP contribution >= 0.6 is 0 Å². The first-order valence-corrected chi connectivity index (χ1v) is 8.95. The lowest BCUT2D eigenvalue weighted by Crippen LogP contribution is -2.60. The molecule has 132 valence electrons. The van der Waals surface area contributed by atoms with Crippen LogP contribution in [0.5, 0.6) is 0 Å². The molecule has 4 aliphatic heterocycles. The summed E-state index contributed by atoms with van der Waals surface area (Å²) in [5, 5.41) is 3.70. The van der Waals surface area contributed by atoms with Crippen LogP contribution in [0.15, 0.2) is 0 Å². The molecule has 0 spiro atoms. The lowest BCUT2D eigenvalue weighted by atomic mass is 9.84. The lowest BCUT2D eigenvalue weighted by molar-refractivity contribution is -0.0340. The highest BCUT2D eigenvalue weighted by atomic mass is 16.6. The van der Waals surface area contributed by atoms with E-state index in [1.807, 2.05) is 25.7 Å². The Morgan fingerprint density at radius 1 is 1.26 bits per heavy atom. The standard InChI is InChI=1S/C17H31N3O3/c1-17(2,3)23-16(21)20-8-9-22-12-14(20)10-18-15-11-19-6-4-13(15)5-7-19/h13-15,18H,4-12H2,1-3H3. The van der Waals surface area contributed by atoms with Crippen molar-refractivity contribution in [1.82, 2.24) is 15.1 Å². The molecule has 0 aromatic carbocycles. The van der Waals surface area contributed by atoms with E-state index in [2.05, 4.69) is 10.2 Å². The second kappa shape index (κ2) is 6.95. The van der Waals surface area contributed by atoms with Gasteiger partial charge in [-0.1, -0.05) is 0 Å². The number of fused-ring (bicyclic) bond motifs is 3. The molecule has 2 bridgehead atoms. The van der Waals surface area contributed by atoms with E-state index in [4.69, 9.17) is 9.47 Å². The Bertz CT molecular complexity index is 416. The van der Waals surface area contributed by atoms with Crippen LogP contribution in [0.2, 0.25) is 0 Å². The van der Waals surface area contributed by atoms with Gasteiger partial charge in [-0.2, -0.15) is 0 Å². The maximum atomic E-state index is 12.4. The predicted molar refractivity (Wildman–Crippen MR) is 88.5 cm³/mol. The van der Waals surface area contributed by atoms with E-state index in [9.17, 15) is 4.79 Å². The molecule has 2 atom stereocenters. The minimum absolute atomic E-state index is 0.0639.